The topological polar surface area (TPSA) is 162 Å². The van der Waals surface area contributed by atoms with Crippen LogP contribution >= 0.6 is 0 Å². The van der Waals surface area contributed by atoms with Gasteiger partial charge in [0.25, 0.3) is 15.7 Å². The molecule has 0 aromatic heterocycles. The van der Waals surface area contributed by atoms with Gasteiger partial charge in [-0.05, 0) is 38.8 Å². The summed E-state index contributed by atoms with van der Waals surface area (Å²) in [5, 5.41) is 11.5. The van der Waals surface area contributed by atoms with Gasteiger partial charge in [-0.1, -0.05) is 35.7 Å². The maximum absolute atomic E-state index is 13.6. The first-order valence-corrected chi connectivity index (χ1v) is 12.2. The minimum Gasteiger partial charge on any atom is -0.444 e. The maximum atomic E-state index is 13.6. The van der Waals surface area contributed by atoms with Gasteiger partial charge in [0.1, 0.15) is 11.6 Å². The predicted octanol–water partition coefficient (Wildman–Crippen LogP) is 2.51. The van der Waals surface area contributed by atoms with Crippen molar-refractivity contribution in [2.24, 2.45) is 5.73 Å². The van der Waals surface area contributed by atoms with Crippen LogP contribution in [0.3, 0.4) is 0 Å². The fourth-order valence-electron chi connectivity index (χ4n) is 3.57. The molecule has 0 spiro atoms. The summed E-state index contributed by atoms with van der Waals surface area (Å²) in [6, 6.07) is 2.50. The molecule has 0 unspecified atom stereocenters. The third-order valence-electron chi connectivity index (χ3n) is 4.93. The Hall–Kier alpha value is -3.29. The lowest BCUT2D eigenvalue weighted by atomic mass is 9.95. The van der Waals surface area contributed by atoms with Gasteiger partial charge in [0.05, 0.1) is 17.6 Å². The number of nitrogens with two attached hydrogens (primary N) is 1. The molecule has 2 N–H and O–H groups in total. The molecule has 13 heteroatoms. The Kier molecular flexibility index (Phi) is 8.76. The number of carbonyl (C=O) groups is 2. The molecule has 0 radical (unpaired) electrons. The molecule has 1 aromatic carbocycles. The molecule has 35 heavy (non-hydrogen) atoms. The monoisotopic (exact) mass is 510 g/mol. The molecule has 1 aliphatic heterocycles. The van der Waals surface area contributed by atoms with Crippen molar-refractivity contribution in [1.29, 1.82) is 0 Å². The molecular formula is C22H30N4O8S. The number of ether oxygens (including phenoxy) is 1. The van der Waals surface area contributed by atoms with E-state index in [2.05, 4.69) is 6.58 Å². The van der Waals surface area contributed by atoms with E-state index in [0.717, 1.165) is 17.0 Å². The van der Waals surface area contributed by atoms with Crippen molar-refractivity contribution in [1.82, 2.24) is 9.37 Å². The quantitative estimate of drug-likeness (QED) is 0.301. The Bertz CT molecular complexity index is 1130. The van der Waals surface area contributed by atoms with E-state index in [9.17, 15) is 28.1 Å². The zero-order chi connectivity index (χ0) is 26.6. The summed E-state index contributed by atoms with van der Waals surface area (Å²) < 4.78 is 33.2. The van der Waals surface area contributed by atoms with Gasteiger partial charge in [-0.3, -0.25) is 24.6 Å². The fraction of sp³-hybridized carbons (Fsp3) is 0.455. The molecular weight excluding hydrogens is 480 g/mol. The van der Waals surface area contributed by atoms with E-state index in [1.54, 1.807) is 27.7 Å². The molecule has 0 fully saturated rings. The lowest BCUT2D eigenvalue weighted by molar-refractivity contribution is -0.388. The summed E-state index contributed by atoms with van der Waals surface area (Å²) in [7, 11) is -4.62. The summed E-state index contributed by atoms with van der Waals surface area (Å²) in [4.78, 5) is 41.9. The minimum atomic E-state index is -4.62. The first-order chi connectivity index (χ1) is 16.2. The Balaban J connectivity index is 2.65. The zero-order valence-corrected chi connectivity index (χ0v) is 20.9. The number of para-hydroxylation sites is 1. The predicted molar refractivity (Wildman–Crippen MR) is 126 cm³/mol. The van der Waals surface area contributed by atoms with Crippen molar-refractivity contribution in [2.45, 2.75) is 56.7 Å². The number of amides is 2. The second-order valence-corrected chi connectivity index (χ2v) is 10.4. The molecule has 2 amide bonds. The number of rotatable bonds is 9. The molecule has 2 atom stereocenters. The van der Waals surface area contributed by atoms with Gasteiger partial charge in [-0.15, -0.1) is 6.58 Å². The molecule has 2 rings (SSSR count). The molecule has 12 nitrogen and oxygen atoms in total. The second kappa shape index (κ2) is 11.0. The number of primary amides is 1. The van der Waals surface area contributed by atoms with Crippen LogP contribution in [-0.2, 0) is 24.4 Å². The number of nitro benzene ring substituents is 1. The maximum Gasteiger partial charge on any atom is 0.411 e. The van der Waals surface area contributed by atoms with E-state index in [-0.39, 0.29) is 19.6 Å². The Morgan fingerprint density at radius 2 is 1.97 bits per heavy atom. The molecule has 0 saturated carbocycles. The van der Waals surface area contributed by atoms with Crippen LogP contribution in [0.4, 0.5) is 10.5 Å². The second-order valence-electron chi connectivity index (χ2n) is 8.67. The van der Waals surface area contributed by atoms with Crippen LogP contribution in [0.1, 0.15) is 34.1 Å². The molecule has 1 aromatic rings. The van der Waals surface area contributed by atoms with Gasteiger partial charge in [0.15, 0.2) is 4.90 Å². The van der Waals surface area contributed by atoms with Crippen LogP contribution in [0.15, 0.2) is 53.5 Å². The van der Waals surface area contributed by atoms with E-state index in [1.807, 2.05) is 0 Å². The number of nitro groups is 1. The van der Waals surface area contributed by atoms with Crippen LogP contribution in [0.2, 0.25) is 0 Å². The van der Waals surface area contributed by atoms with Gasteiger partial charge < -0.3 is 10.5 Å². The summed E-state index contributed by atoms with van der Waals surface area (Å²) >= 11 is 0. The van der Waals surface area contributed by atoms with Crippen molar-refractivity contribution < 1.29 is 32.5 Å². The van der Waals surface area contributed by atoms with Crippen LogP contribution in [0, 0.1) is 10.1 Å². The van der Waals surface area contributed by atoms with E-state index in [0.29, 0.717) is 10.0 Å². The summed E-state index contributed by atoms with van der Waals surface area (Å²) in [5.41, 5.74) is 4.39. The Morgan fingerprint density at radius 1 is 1.34 bits per heavy atom. The van der Waals surface area contributed by atoms with Crippen molar-refractivity contribution in [3.8, 4) is 0 Å². The normalized spacial score (nSPS) is 18.7. The average molecular weight is 511 g/mol. The lowest BCUT2D eigenvalue weighted by Gasteiger charge is -2.40. The number of benzene rings is 1. The molecule has 1 aliphatic rings. The van der Waals surface area contributed by atoms with E-state index < -0.39 is 55.2 Å². The smallest absolute Gasteiger partial charge is 0.411 e. The number of nitrogens with zero attached hydrogens (tertiary/aromatic N) is 3. The molecule has 1 heterocycles. The Morgan fingerprint density at radius 3 is 2.49 bits per heavy atom. The van der Waals surface area contributed by atoms with Crippen molar-refractivity contribution in [2.75, 3.05) is 13.2 Å². The third-order valence-corrected chi connectivity index (χ3v) is 6.68. The SMILES string of the molecule is C=CCON([C@@H]1C=C(CC)[C@@H](C(N)=O)N(C(=O)OC(C)(C)C)C1)S(=O)(=O)c1ccccc1[N+](=O)[O-]. The zero-order valence-electron chi connectivity index (χ0n) is 20.0. The van der Waals surface area contributed by atoms with Crippen LogP contribution in [0.5, 0.6) is 0 Å². The minimum absolute atomic E-state index is 0.253. The lowest BCUT2D eigenvalue weighted by Crippen LogP contribution is -2.58. The number of sulfonamides is 1. The number of carbonyl (C=O) groups excluding carboxylic acids is 2. The number of hydrogen-bond donors (Lipinski definition) is 1. The van der Waals surface area contributed by atoms with E-state index in [1.165, 1.54) is 24.3 Å². The first kappa shape index (κ1) is 28.0. The third kappa shape index (κ3) is 6.44. The van der Waals surface area contributed by atoms with Gasteiger partial charge >= 0.3 is 6.09 Å². The van der Waals surface area contributed by atoms with Crippen molar-refractivity contribution in [3.63, 3.8) is 0 Å². The van der Waals surface area contributed by atoms with Gasteiger partial charge in [-0.2, -0.15) is 0 Å². The summed E-state index contributed by atoms with van der Waals surface area (Å²) in [6.07, 6.45) is 2.14. The molecule has 192 valence electrons. The largest absolute Gasteiger partial charge is 0.444 e. The van der Waals surface area contributed by atoms with Crippen molar-refractivity contribution in [3.05, 3.63) is 58.7 Å². The fourth-order valence-corrected chi connectivity index (χ4v) is 5.10. The van der Waals surface area contributed by atoms with Crippen LogP contribution < -0.4 is 5.73 Å². The van der Waals surface area contributed by atoms with Crippen molar-refractivity contribution >= 4 is 27.7 Å². The highest BCUT2D eigenvalue weighted by Gasteiger charge is 2.44. The Labute approximate surface area is 204 Å². The van der Waals surface area contributed by atoms with Gasteiger partial charge in [-0.25, -0.2) is 13.2 Å². The molecule has 0 saturated heterocycles. The highest BCUT2D eigenvalue weighted by Crippen LogP contribution is 2.32. The van der Waals surface area contributed by atoms with E-state index in [4.69, 9.17) is 15.3 Å². The van der Waals surface area contributed by atoms with Crippen LogP contribution in [-0.4, -0.2) is 65.5 Å². The highest BCUT2D eigenvalue weighted by atomic mass is 32.2. The van der Waals surface area contributed by atoms with Gasteiger partial charge in [0.2, 0.25) is 5.91 Å². The first-order valence-electron chi connectivity index (χ1n) is 10.8. The average Bonchev–Trinajstić information content (AvgIpc) is 2.77. The summed E-state index contributed by atoms with van der Waals surface area (Å²) in [6.45, 7) is 9.53. The summed E-state index contributed by atoms with van der Waals surface area (Å²) in [5.74, 6) is -0.817. The standard InChI is InChI=1S/C22H30N4O8S/c1-6-12-33-26(35(31,32)18-11-9-8-10-17(18)25(29)30)16-13-15(7-2)19(20(23)27)24(14-16)21(28)34-22(3,4)5/h6,8-11,13,16,19H,1,7,12,14H2,2-5H3,(H2,23,27)/t16-,19+/m1/s1. The van der Waals surface area contributed by atoms with E-state index >= 15 is 0 Å². The number of hydroxylamine groups is 1. The number of hydrogen-bond acceptors (Lipinski definition) is 8. The molecule has 0 bridgehead atoms. The van der Waals surface area contributed by atoms with Gasteiger partial charge in [0, 0.05) is 12.6 Å². The molecule has 0 aliphatic carbocycles. The van der Waals surface area contributed by atoms with Crippen LogP contribution in [0.25, 0.3) is 0 Å². The highest BCUT2D eigenvalue weighted by molar-refractivity contribution is 7.89.